The summed E-state index contributed by atoms with van der Waals surface area (Å²) < 4.78 is 47.3. The van der Waals surface area contributed by atoms with E-state index in [9.17, 15) is 17.9 Å². The van der Waals surface area contributed by atoms with Gasteiger partial charge in [0.05, 0.1) is 30.3 Å². The van der Waals surface area contributed by atoms with E-state index in [4.69, 9.17) is 4.74 Å². The van der Waals surface area contributed by atoms with Gasteiger partial charge in [-0.1, -0.05) is 48.0 Å². The van der Waals surface area contributed by atoms with Crippen LogP contribution in [0.2, 0.25) is 0 Å². The van der Waals surface area contributed by atoms with Crippen LogP contribution in [0.4, 0.5) is 4.39 Å². The van der Waals surface area contributed by atoms with E-state index in [-0.39, 0.29) is 24.5 Å². The summed E-state index contributed by atoms with van der Waals surface area (Å²) in [6.07, 6.45) is -2.02. The van der Waals surface area contributed by atoms with E-state index in [0.717, 1.165) is 15.4 Å². The van der Waals surface area contributed by atoms with Gasteiger partial charge in [-0.15, -0.1) is 0 Å². The van der Waals surface area contributed by atoms with Crippen LogP contribution in [0, 0.1) is 6.92 Å². The Kier molecular flexibility index (Phi) is 6.26. The lowest BCUT2D eigenvalue weighted by atomic mass is 10.0. The van der Waals surface area contributed by atoms with Gasteiger partial charge in [0.25, 0.3) is 0 Å². The third-order valence-electron chi connectivity index (χ3n) is 4.79. The summed E-state index contributed by atoms with van der Waals surface area (Å²) in [4.78, 5) is 0.0856. The molecule has 0 saturated carbocycles. The minimum atomic E-state index is -3.94. The first kappa shape index (κ1) is 19.9. The Morgan fingerprint density at radius 2 is 1.81 bits per heavy atom. The van der Waals surface area contributed by atoms with Crippen molar-refractivity contribution in [3.05, 3.63) is 65.7 Å². The van der Waals surface area contributed by atoms with Gasteiger partial charge in [0.15, 0.2) is 0 Å². The summed E-state index contributed by atoms with van der Waals surface area (Å²) in [7, 11) is -3.94. The number of aryl methyl sites for hydroxylation is 1. The Bertz CT molecular complexity index is 842. The maximum atomic E-state index is 14.4. The Morgan fingerprint density at radius 1 is 1.15 bits per heavy atom. The monoisotopic (exact) mass is 393 g/mol. The number of aliphatic hydroxyl groups is 1. The van der Waals surface area contributed by atoms with Crippen molar-refractivity contribution in [2.75, 3.05) is 13.2 Å². The Labute approximate surface area is 159 Å². The molecule has 1 N–H and O–H groups in total. The molecular formula is C20H24FNO4S. The van der Waals surface area contributed by atoms with Gasteiger partial charge in [0, 0.05) is 13.0 Å². The molecule has 27 heavy (non-hydrogen) atoms. The molecule has 0 amide bonds. The van der Waals surface area contributed by atoms with Crippen LogP contribution in [0.25, 0.3) is 0 Å². The average molecular weight is 393 g/mol. The van der Waals surface area contributed by atoms with Crippen LogP contribution in [-0.2, 0) is 21.4 Å². The molecule has 0 radical (unpaired) electrons. The lowest BCUT2D eigenvalue weighted by molar-refractivity contribution is -0.0624. The van der Waals surface area contributed by atoms with E-state index in [2.05, 4.69) is 0 Å². The van der Waals surface area contributed by atoms with Crippen LogP contribution in [0.3, 0.4) is 0 Å². The first-order chi connectivity index (χ1) is 12.9. The molecule has 0 unspecified atom stereocenters. The first-order valence-electron chi connectivity index (χ1n) is 8.91. The Balaban J connectivity index is 1.82. The summed E-state index contributed by atoms with van der Waals surface area (Å²) in [5.74, 6) is 0. The molecule has 3 atom stereocenters. The van der Waals surface area contributed by atoms with E-state index in [0.29, 0.717) is 0 Å². The molecule has 2 aromatic carbocycles. The summed E-state index contributed by atoms with van der Waals surface area (Å²) in [5.41, 5.74) is 1.84. The number of hydrogen-bond donors (Lipinski definition) is 1. The number of hydrogen-bond acceptors (Lipinski definition) is 4. The van der Waals surface area contributed by atoms with Gasteiger partial charge in [0.1, 0.15) is 6.17 Å². The van der Waals surface area contributed by atoms with Crippen molar-refractivity contribution in [1.82, 2.24) is 4.31 Å². The fraction of sp³-hybridized carbons (Fsp3) is 0.400. The van der Waals surface area contributed by atoms with E-state index >= 15 is 0 Å². The number of ether oxygens (including phenoxy) is 1. The van der Waals surface area contributed by atoms with E-state index < -0.39 is 34.9 Å². The number of rotatable bonds is 6. The minimum absolute atomic E-state index is 0.0535. The lowest BCUT2D eigenvalue weighted by Gasteiger charge is -2.40. The van der Waals surface area contributed by atoms with Crippen LogP contribution in [0.1, 0.15) is 17.5 Å². The highest BCUT2D eigenvalue weighted by molar-refractivity contribution is 7.89. The molecule has 3 rings (SSSR count). The van der Waals surface area contributed by atoms with E-state index in [1.54, 1.807) is 12.1 Å². The zero-order chi connectivity index (χ0) is 19.4. The molecule has 0 spiro atoms. The predicted molar refractivity (Wildman–Crippen MR) is 100 cm³/mol. The molecule has 1 heterocycles. The van der Waals surface area contributed by atoms with Crippen LogP contribution in [0.15, 0.2) is 59.5 Å². The van der Waals surface area contributed by atoms with Crippen molar-refractivity contribution >= 4 is 10.0 Å². The number of nitrogens with zero attached hydrogens (tertiary/aromatic N) is 1. The second-order valence-corrected chi connectivity index (χ2v) is 8.70. The molecule has 0 aromatic heterocycles. The van der Waals surface area contributed by atoms with Gasteiger partial charge in [-0.2, -0.15) is 4.31 Å². The molecule has 1 aliphatic heterocycles. The van der Waals surface area contributed by atoms with Gasteiger partial charge in [-0.05, 0) is 24.6 Å². The number of halogens is 1. The van der Waals surface area contributed by atoms with Crippen LogP contribution in [0.5, 0.6) is 0 Å². The van der Waals surface area contributed by atoms with Gasteiger partial charge in [-0.3, -0.25) is 0 Å². The molecule has 0 aliphatic carbocycles. The number of alkyl halides is 1. The lowest BCUT2D eigenvalue weighted by Crippen LogP contribution is -2.56. The maximum Gasteiger partial charge on any atom is 0.243 e. The van der Waals surface area contributed by atoms with Crippen molar-refractivity contribution in [1.29, 1.82) is 0 Å². The first-order valence-corrected chi connectivity index (χ1v) is 10.3. The zero-order valence-electron chi connectivity index (χ0n) is 15.2. The van der Waals surface area contributed by atoms with Crippen molar-refractivity contribution in [3.8, 4) is 0 Å². The van der Waals surface area contributed by atoms with Crippen LogP contribution >= 0.6 is 0 Å². The Morgan fingerprint density at radius 3 is 2.44 bits per heavy atom. The minimum Gasteiger partial charge on any atom is -0.395 e. The van der Waals surface area contributed by atoms with Crippen molar-refractivity contribution < 1.29 is 22.7 Å². The molecule has 0 bridgehead atoms. The van der Waals surface area contributed by atoms with Gasteiger partial charge < -0.3 is 9.84 Å². The highest BCUT2D eigenvalue weighted by atomic mass is 32.2. The fourth-order valence-electron chi connectivity index (χ4n) is 3.29. The largest absolute Gasteiger partial charge is 0.395 e. The number of aliphatic hydroxyl groups excluding tert-OH is 1. The summed E-state index contributed by atoms with van der Waals surface area (Å²) >= 11 is 0. The van der Waals surface area contributed by atoms with Gasteiger partial charge in [-0.25, -0.2) is 12.8 Å². The predicted octanol–water partition coefficient (Wildman–Crippen LogP) is 2.67. The molecule has 1 aliphatic rings. The smallest absolute Gasteiger partial charge is 0.243 e. The molecule has 5 nitrogen and oxygen atoms in total. The maximum absolute atomic E-state index is 14.4. The highest BCUT2D eigenvalue weighted by Crippen LogP contribution is 2.29. The number of piperidine rings is 1. The molecule has 2 aromatic rings. The van der Waals surface area contributed by atoms with E-state index in [1.807, 2.05) is 37.3 Å². The van der Waals surface area contributed by atoms with Crippen LogP contribution in [-0.4, -0.2) is 49.3 Å². The van der Waals surface area contributed by atoms with Crippen molar-refractivity contribution in [2.45, 2.75) is 43.2 Å². The highest BCUT2D eigenvalue weighted by Gasteiger charge is 2.43. The summed E-state index contributed by atoms with van der Waals surface area (Å²) in [6, 6.07) is 14.9. The van der Waals surface area contributed by atoms with Gasteiger partial charge >= 0.3 is 0 Å². The fourth-order valence-corrected chi connectivity index (χ4v) is 4.95. The molecule has 1 fully saturated rings. The second kappa shape index (κ2) is 8.48. The van der Waals surface area contributed by atoms with Gasteiger partial charge in [0.2, 0.25) is 10.0 Å². The standard InChI is InChI=1S/C20H24FNO4S/c1-15-7-9-18(10-8-15)27(24,25)22-12-17(21)11-20(19(22)13-23)26-14-16-5-3-2-4-6-16/h2-10,17,19-20,23H,11-14H2,1H3/t17-,19+,20-/m1/s1. The SMILES string of the molecule is Cc1ccc(S(=O)(=O)N2C[C@H](F)C[C@@H](OCc3ccccc3)[C@@H]2CO)cc1. The molecular weight excluding hydrogens is 369 g/mol. The average Bonchev–Trinajstić information content (AvgIpc) is 2.67. The second-order valence-electron chi connectivity index (χ2n) is 6.81. The molecule has 7 heteroatoms. The quantitative estimate of drug-likeness (QED) is 0.819. The van der Waals surface area contributed by atoms with Crippen LogP contribution < -0.4 is 0 Å². The van der Waals surface area contributed by atoms with E-state index in [1.165, 1.54) is 12.1 Å². The van der Waals surface area contributed by atoms with Crippen molar-refractivity contribution in [2.24, 2.45) is 0 Å². The number of sulfonamides is 1. The normalized spacial score (nSPS) is 24.0. The summed E-state index contributed by atoms with van der Waals surface area (Å²) in [5, 5.41) is 9.86. The van der Waals surface area contributed by atoms with Crippen molar-refractivity contribution in [3.63, 3.8) is 0 Å². The topological polar surface area (TPSA) is 66.8 Å². The number of benzene rings is 2. The molecule has 146 valence electrons. The molecule has 1 saturated heterocycles. The Hall–Kier alpha value is -1.80. The third kappa shape index (κ3) is 4.55. The third-order valence-corrected chi connectivity index (χ3v) is 6.69. The zero-order valence-corrected chi connectivity index (χ0v) is 16.0. The summed E-state index contributed by atoms with van der Waals surface area (Å²) in [6.45, 7) is 1.37.